The lowest BCUT2D eigenvalue weighted by molar-refractivity contribution is -0.130. The van der Waals surface area contributed by atoms with E-state index in [1.54, 1.807) is 18.6 Å². The number of aromatic nitrogens is 3. The molecule has 1 aromatic carbocycles. The quantitative estimate of drug-likeness (QED) is 0.646. The first-order valence-electron chi connectivity index (χ1n) is 9.69. The van der Waals surface area contributed by atoms with Crippen LogP contribution in [0.2, 0.25) is 0 Å². The van der Waals surface area contributed by atoms with Crippen molar-refractivity contribution in [3.8, 4) is 10.8 Å². The van der Waals surface area contributed by atoms with E-state index in [1.165, 1.54) is 16.0 Å². The van der Waals surface area contributed by atoms with Crippen LogP contribution in [-0.4, -0.2) is 45.4 Å². The number of thiophene rings is 1. The van der Waals surface area contributed by atoms with Crippen LogP contribution in [0, 0.1) is 0 Å². The van der Waals surface area contributed by atoms with Crippen LogP contribution in [0.25, 0.3) is 5.00 Å². The lowest BCUT2D eigenvalue weighted by atomic mass is 9.97. The summed E-state index contributed by atoms with van der Waals surface area (Å²) in [6.45, 7) is 3.32. The Balaban J connectivity index is 1.73. The van der Waals surface area contributed by atoms with E-state index in [1.807, 2.05) is 46.7 Å². The Kier molecular flexibility index (Phi) is 5.53. The first-order chi connectivity index (χ1) is 14.1. The summed E-state index contributed by atoms with van der Waals surface area (Å²) < 4.78 is 8.51. The summed E-state index contributed by atoms with van der Waals surface area (Å²) in [5.41, 5.74) is 0.785. The Morgan fingerprint density at radius 3 is 2.90 bits per heavy atom. The van der Waals surface area contributed by atoms with Gasteiger partial charge < -0.3 is 9.64 Å². The SMILES string of the molecule is COc1cccc(Cn2nc(C3CCCN(C(C)=O)C3)n(-c3cccs3)c2=O)c1. The van der Waals surface area contributed by atoms with Crippen LogP contribution in [0.15, 0.2) is 46.6 Å². The van der Waals surface area contributed by atoms with Gasteiger partial charge in [-0.25, -0.2) is 14.0 Å². The molecular formula is C21H24N4O3S. The van der Waals surface area contributed by atoms with E-state index in [4.69, 9.17) is 9.84 Å². The topological polar surface area (TPSA) is 69.4 Å². The highest BCUT2D eigenvalue weighted by Gasteiger charge is 2.29. The van der Waals surface area contributed by atoms with Crippen molar-refractivity contribution in [3.05, 3.63) is 63.7 Å². The second kappa shape index (κ2) is 8.24. The van der Waals surface area contributed by atoms with Gasteiger partial charge in [0.05, 0.1) is 13.7 Å². The molecule has 4 rings (SSSR count). The second-order valence-electron chi connectivity index (χ2n) is 7.24. The third kappa shape index (κ3) is 3.98. The van der Waals surface area contributed by atoms with Gasteiger partial charge in [0.25, 0.3) is 0 Å². The Bertz CT molecular complexity index is 1050. The summed E-state index contributed by atoms with van der Waals surface area (Å²) in [7, 11) is 1.62. The molecule has 1 saturated heterocycles. The first-order valence-corrected chi connectivity index (χ1v) is 10.6. The van der Waals surface area contributed by atoms with E-state index in [-0.39, 0.29) is 17.5 Å². The molecule has 1 amide bonds. The van der Waals surface area contributed by atoms with Gasteiger partial charge in [0.15, 0.2) is 0 Å². The van der Waals surface area contributed by atoms with Crippen molar-refractivity contribution in [2.45, 2.75) is 32.2 Å². The third-order valence-corrected chi connectivity index (χ3v) is 6.14. The third-order valence-electron chi connectivity index (χ3n) is 5.29. The van der Waals surface area contributed by atoms with Gasteiger partial charge in [0.1, 0.15) is 16.6 Å². The monoisotopic (exact) mass is 412 g/mol. The van der Waals surface area contributed by atoms with Crippen molar-refractivity contribution < 1.29 is 9.53 Å². The van der Waals surface area contributed by atoms with E-state index in [2.05, 4.69) is 0 Å². The van der Waals surface area contributed by atoms with Gasteiger partial charge in [0.2, 0.25) is 5.91 Å². The number of amides is 1. The molecule has 152 valence electrons. The predicted molar refractivity (Wildman–Crippen MR) is 112 cm³/mol. The summed E-state index contributed by atoms with van der Waals surface area (Å²) in [6, 6.07) is 11.5. The maximum atomic E-state index is 13.3. The Labute approximate surface area is 173 Å². The zero-order chi connectivity index (χ0) is 20.4. The van der Waals surface area contributed by atoms with Crippen LogP contribution in [0.5, 0.6) is 5.75 Å². The normalized spacial score (nSPS) is 16.8. The van der Waals surface area contributed by atoms with E-state index in [9.17, 15) is 9.59 Å². The Morgan fingerprint density at radius 2 is 2.17 bits per heavy atom. The predicted octanol–water partition coefficient (Wildman–Crippen LogP) is 2.88. The molecule has 7 nitrogen and oxygen atoms in total. The van der Waals surface area contributed by atoms with Gasteiger partial charge in [-0.3, -0.25) is 4.79 Å². The molecule has 8 heteroatoms. The molecule has 0 radical (unpaired) electrons. The van der Waals surface area contributed by atoms with Gasteiger partial charge in [0, 0.05) is 25.9 Å². The molecule has 1 aliphatic heterocycles. The average molecular weight is 413 g/mol. The number of ether oxygens (including phenoxy) is 1. The minimum atomic E-state index is -0.162. The highest BCUT2D eigenvalue weighted by molar-refractivity contribution is 7.12. The molecule has 1 fully saturated rings. The van der Waals surface area contributed by atoms with Crippen molar-refractivity contribution in [1.82, 2.24) is 19.2 Å². The first kappa shape index (κ1) is 19.4. The van der Waals surface area contributed by atoms with Crippen molar-refractivity contribution in [2.24, 2.45) is 0 Å². The fourth-order valence-corrected chi connectivity index (χ4v) is 4.54. The number of hydrogen-bond acceptors (Lipinski definition) is 5. The molecule has 0 saturated carbocycles. The number of methoxy groups -OCH3 is 1. The maximum Gasteiger partial charge on any atom is 0.351 e. The van der Waals surface area contributed by atoms with Crippen LogP contribution >= 0.6 is 11.3 Å². The minimum Gasteiger partial charge on any atom is -0.497 e. The van der Waals surface area contributed by atoms with Crippen molar-refractivity contribution in [3.63, 3.8) is 0 Å². The zero-order valence-electron chi connectivity index (χ0n) is 16.6. The number of carbonyl (C=O) groups is 1. The lowest BCUT2D eigenvalue weighted by Gasteiger charge is -2.31. The maximum absolute atomic E-state index is 13.3. The molecule has 0 bridgehead atoms. The van der Waals surface area contributed by atoms with Crippen LogP contribution in [0.3, 0.4) is 0 Å². The molecule has 0 N–H and O–H groups in total. The fourth-order valence-electron chi connectivity index (χ4n) is 3.81. The summed E-state index contributed by atoms with van der Waals surface area (Å²) in [4.78, 5) is 27.0. The number of nitrogens with zero attached hydrogens (tertiary/aromatic N) is 4. The highest BCUT2D eigenvalue weighted by atomic mass is 32.1. The lowest BCUT2D eigenvalue weighted by Crippen LogP contribution is -2.38. The highest BCUT2D eigenvalue weighted by Crippen LogP contribution is 2.28. The van der Waals surface area contributed by atoms with Crippen LogP contribution in [-0.2, 0) is 11.3 Å². The largest absolute Gasteiger partial charge is 0.497 e. The number of piperidine rings is 1. The molecule has 1 aliphatic rings. The van der Waals surface area contributed by atoms with Gasteiger partial charge in [-0.2, -0.15) is 5.10 Å². The molecule has 2 aromatic heterocycles. The molecule has 29 heavy (non-hydrogen) atoms. The summed E-state index contributed by atoms with van der Waals surface area (Å²) in [6.07, 6.45) is 1.82. The average Bonchev–Trinajstić information content (AvgIpc) is 3.36. The molecule has 3 heterocycles. The molecule has 0 spiro atoms. The molecule has 0 aliphatic carbocycles. The zero-order valence-corrected chi connectivity index (χ0v) is 17.4. The van der Waals surface area contributed by atoms with Crippen LogP contribution < -0.4 is 10.4 Å². The Morgan fingerprint density at radius 1 is 1.31 bits per heavy atom. The fraction of sp³-hybridized carbons (Fsp3) is 0.381. The molecular weight excluding hydrogens is 388 g/mol. The van der Waals surface area contributed by atoms with Crippen LogP contribution in [0.4, 0.5) is 0 Å². The van der Waals surface area contributed by atoms with Crippen molar-refractivity contribution in [1.29, 1.82) is 0 Å². The standard InChI is InChI=1S/C21H24N4O3S/c1-15(26)23-10-4-7-17(14-23)20-22-24(13-16-6-3-8-18(12-16)28-2)21(27)25(20)19-9-5-11-29-19/h3,5-6,8-9,11-12,17H,4,7,10,13-14H2,1-2H3. The van der Waals surface area contributed by atoms with Crippen LogP contribution in [0.1, 0.15) is 37.1 Å². The molecule has 1 atom stereocenters. The summed E-state index contributed by atoms with van der Waals surface area (Å²) >= 11 is 1.51. The van der Waals surface area contributed by atoms with E-state index < -0.39 is 0 Å². The second-order valence-corrected chi connectivity index (χ2v) is 8.17. The van der Waals surface area contributed by atoms with Gasteiger partial charge >= 0.3 is 5.69 Å². The minimum absolute atomic E-state index is 0.0361. The van der Waals surface area contributed by atoms with Crippen molar-refractivity contribution in [2.75, 3.05) is 20.2 Å². The van der Waals surface area contributed by atoms with Gasteiger partial charge in [-0.05, 0) is 48.1 Å². The summed E-state index contributed by atoms with van der Waals surface area (Å²) in [5, 5.41) is 7.53. The number of hydrogen-bond donors (Lipinski definition) is 0. The van der Waals surface area contributed by atoms with E-state index in [0.717, 1.165) is 41.5 Å². The number of carbonyl (C=O) groups excluding carboxylic acids is 1. The van der Waals surface area contributed by atoms with E-state index in [0.29, 0.717) is 13.1 Å². The molecule has 1 unspecified atom stereocenters. The smallest absolute Gasteiger partial charge is 0.351 e. The van der Waals surface area contributed by atoms with Gasteiger partial charge in [-0.15, -0.1) is 11.3 Å². The number of rotatable bonds is 5. The number of benzene rings is 1. The number of likely N-dealkylation sites (tertiary alicyclic amines) is 1. The Hall–Kier alpha value is -2.87. The van der Waals surface area contributed by atoms with E-state index >= 15 is 0 Å². The molecule has 3 aromatic rings. The van der Waals surface area contributed by atoms with Crippen molar-refractivity contribution >= 4 is 17.2 Å². The van der Waals surface area contributed by atoms with Gasteiger partial charge in [-0.1, -0.05) is 12.1 Å². The summed E-state index contributed by atoms with van der Waals surface area (Å²) in [5.74, 6) is 1.58.